The summed E-state index contributed by atoms with van der Waals surface area (Å²) in [5.74, 6) is 0.412. The molecule has 0 bridgehead atoms. The number of benzene rings is 1. The Hall–Kier alpha value is -1.28. The van der Waals surface area contributed by atoms with Crippen LogP contribution in [-0.4, -0.2) is 16.1 Å². The summed E-state index contributed by atoms with van der Waals surface area (Å²) in [5, 5.41) is 8.17. The van der Waals surface area contributed by atoms with Gasteiger partial charge >= 0.3 is 0 Å². The number of fused-ring (bicyclic) bond motifs is 1. The summed E-state index contributed by atoms with van der Waals surface area (Å²) < 4.78 is 0. The molecule has 1 aromatic carbocycles. The first-order valence-electron chi connectivity index (χ1n) is 4.00. The van der Waals surface area contributed by atoms with Gasteiger partial charge in [0.2, 0.25) is 0 Å². The van der Waals surface area contributed by atoms with Crippen LogP contribution < -0.4 is 0 Å². The van der Waals surface area contributed by atoms with E-state index in [9.17, 15) is 0 Å². The van der Waals surface area contributed by atoms with Crippen molar-refractivity contribution in [2.45, 2.75) is 0 Å². The van der Waals surface area contributed by atoms with Crippen molar-refractivity contribution in [2.24, 2.45) is 0 Å². The highest BCUT2D eigenvalue weighted by Crippen LogP contribution is 2.21. The zero-order valence-corrected chi connectivity index (χ0v) is 7.80. The predicted octanol–water partition coefficient (Wildman–Crippen LogP) is 2.81. The molecule has 2 aromatic rings. The van der Waals surface area contributed by atoms with Crippen molar-refractivity contribution in [2.75, 3.05) is 5.88 Å². The smallest absolute Gasteiger partial charge is 0.0965 e. The van der Waals surface area contributed by atoms with Crippen LogP contribution in [0.1, 0.15) is 5.69 Å². The number of aromatic amines is 1. The molecule has 3 heteroatoms. The minimum atomic E-state index is 0.412. The molecule has 1 heterocycles. The Morgan fingerprint density at radius 1 is 1.46 bits per heavy atom. The Morgan fingerprint density at radius 2 is 2.23 bits per heavy atom. The van der Waals surface area contributed by atoms with Gasteiger partial charge in [0.05, 0.1) is 11.2 Å². The standard InChI is InChI=1S/C10H9ClN2/c1-7(6-11)10-8-4-2-3-5-9(8)12-13-10/h2-5H,1,6H2,(H,12,13). The molecule has 0 atom stereocenters. The molecule has 0 fully saturated rings. The second-order valence-electron chi connectivity index (χ2n) is 2.85. The van der Waals surface area contributed by atoms with E-state index in [1.54, 1.807) is 0 Å². The van der Waals surface area contributed by atoms with Gasteiger partial charge in [-0.3, -0.25) is 5.10 Å². The summed E-state index contributed by atoms with van der Waals surface area (Å²) >= 11 is 5.69. The second-order valence-corrected chi connectivity index (χ2v) is 3.12. The van der Waals surface area contributed by atoms with E-state index < -0.39 is 0 Å². The van der Waals surface area contributed by atoms with E-state index in [0.29, 0.717) is 5.88 Å². The zero-order chi connectivity index (χ0) is 9.26. The van der Waals surface area contributed by atoms with Crippen molar-refractivity contribution < 1.29 is 0 Å². The lowest BCUT2D eigenvalue weighted by molar-refractivity contribution is 1.10. The van der Waals surface area contributed by atoms with Crippen LogP contribution in [0.5, 0.6) is 0 Å². The largest absolute Gasteiger partial charge is 0.277 e. The molecule has 0 saturated heterocycles. The van der Waals surface area contributed by atoms with Gasteiger partial charge < -0.3 is 0 Å². The summed E-state index contributed by atoms with van der Waals surface area (Å²) in [6, 6.07) is 7.93. The molecule has 0 aliphatic heterocycles. The monoisotopic (exact) mass is 192 g/mol. The molecule has 2 nitrogen and oxygen atoms in total. The van der Waals surface area contributed by atoms with Gasteiger partial charge in [-0.05, 0) is 11.6 Å². The Bertz CT molecular complexity index is 445. The van der Waals surface area contributed by atoms with Crippen LogP contribution in [0.4, 0.5) is 0 Å². The maximum atomic E-state index is 5.69. The average Bonchev–Trinajstić information content (AvgIpc) is 2.60. The number of rotatable bonds is 2. The first kappa shape index (κ1) is 8.32. The number of aromatic nitrogens is 2. The normalized spacial score (nSPS) is 10.5. The lowest BCUT2D eigenvalue weighted by atomic mass is 10.1. The fourth-order valence-electron chi connectivity index (χ4n) is 1.30. The molecular weight excluding hydrogens is 184 g/mol. The van der Waals surface area contributed by atoms with Gasteiger partial charge in [-0.25, -0.2) is 0 Å². The SMILES string of the molecule is C=C(CCl)c1n[nH]c2ccccc12. The van der Waals surface area contributed by atoms with E-state index >= 15 is 0 Å². The molecule has 0 aliphatic rings. The predicted molar refractivity (Wildman–Crippen MR) is 55.8 cm³/mol. The fourth-order valence-corrected chi connectivity index (χ4v) is 1.42. The average molecular weight is 193 g/mol. The molecule has 13 heavy (non-hydrogen) atoms. The van der Waals surface area contributed by atoms with Gasteiger partial charge in [-0.15, -0.1) is 11.6 Å². The Morgan fingerprint density at radius 3 is 3.00 bits per heavy atom. The number of hydrogen-bond acceptors (Lipinski definition) is 1. The first-order valence-corrected chi connectivity index (χ1v) is 4.53. The number of hydrogen-bond donors (Lipinski definition) is 1. The molecule has 0 radical (unpaired) electrons. The van der Waals surface area contributed by atoms with Crippen molar-refractivity contribution in [3.63, 3.8) is 0 Å². The van der Waals surface area contributed by atoms with Gasteiger partial charge in [0.1, 0.15) is 0 Å². The Balaban J connectivity index is 2.64. The third-order valence-corrected chi connectivity index (χ3v) is 2.29. The number of halogens is 1. The van der Waals surface area contributed by atoms with Gasteiger partial charge in [0.25, 0.3) is 0 Å². The summed E-state index contributed by atoms with van der Waals surface area (Å²) in [5.41, 5.74) is 2.73. The molecule has 0 unspecified atom stereocenters. The molecule has 0 spiro atoms. The third-order valence-electron chi connectivity index (χ3n) is 1.97. The number of nitrogens with one attached hydrogen (secondary N) is 1. The van der Waals surface area contributed by atoms with Crippen LogP contribution in [0.3, 0.4) is 0 Å². The highest BCUT2D eigenvalue weighted by Gasteiger charge is 2.06. The highest BCUT2D eigenvalue weighted by atomic mass is 35.5. The minimum Gasteiger partial charge on any atom is -0.277 e. The minimum absolute atomic E-state index is 0.412. The maximum Gasteiger partial charge on any atom is 0.0965 e. The highest BCUT2D eigenvalue weighted by molar-refractivity contribution is 6.23. The van der Waals surface area contributed by atoms with Crippen LogP contribution in [-0.2, 0) is 0 Å². The lowest BCUT2D eigenvalue weighted by Gasteiger charge is -1.95. The van der Waals surface area contributed by atoms with E-state index in [4.69, 9.17) is 11.6 Å². The molecule has 1 aromatic heterocycles. The van der Waals surface area contributed by atoms with E-state index in [1.165, 1.54) is 0 Å². The Kier molecular flexibility index (Phi) is 2.07. The maximum absolute atomic E-state index is 5.69. The van der Waals surface area contributed by atoms with Crippen molar-refractivity contribution in [3.8, 4) is 0 Å². The van der Waals surface area contributed by atoms with Gasteiger partial charge in [0, 0.05) is 11.3 Å². The molecule has 2 rings (SSSR count). The number of para-hydroxylation sites is 1. The van der Waals surface area contributed by atoms with E-state index in [1.807, 2.05) is 24.3 Å². The van der Waals surface area contributed by atoms with Crippen molar-refractivity contribution in [1.29, 1.82) is 0 Å². The van der Waals surface area contributed by atoms with E-state index in [0.717, 1.165) is 22.2 Å². The van der Waals surface area contributed by atoms with E-state index in [-0.39, 0.29) is 0 Å². The zero-order valence-electron chi connectivity index (χ0n) is 7.05. The third kappa shape index (κ3) is 1.33. The van der Waals surface area contributed by atoms with Gasteiger partial charge in [-0.1, -0.05) is 24.8 Å². The summed E-state index contributed by atoms with van der Waals surface area (Å²) in [6.45, 7) is 3.85. The van der Waals surface area contributed by atoms with Crippen LogP contribution >= 0.6 is 11.6 Å². The fraction of sp³-hybridized carbons (Fsp3) is 0.100. The quantitative estimate of drug-likeness (QED) is 0.729. The first-order chi connectivity index (χ1) is 6.33. The summed E-state index contributed by atoms with van der Waals surface area (Å²) in [6.07, 6.45) is 0. The topological polar surface area (TPSA) is 28.7 Å². The van der Waals surface area contributed by atoms with E-state index in [2.05, 4.69) is 16.8 Å². The van der Waals surface area contributed by atoms with Crippen LogP contribution in [0.15, 0.2) is 30.8 Å². The van der Waals surface area contributed by atoms with Crippen LogP contribution in [0, 0.1) is 0 Å². The summed E-state index contributed by atoms with van der Waals surface area (Å²) in [4.78, 5) is 0. The molecular formula is C10H9ClN2. The van der Waals surface area contributed by atoms with Gasteiger partial charge in [0.15, 0.2) is 0 Å². The Labute approximate surface area is 81.2 Å². The number of nitrogens with zero attached hydrogens (tertiary/aromatic N) is 1. The number of allylic oxidation sites excluding steroid dienone is 1. The van der Waals surface area contributed by atoms with Crippen molar-refractivity contribution in [1.82, 2.24) is 10.2 Å². The van der Waals surface area contributed by atoms with Gasteiger partial charge in [-0.2, -0.15) is 5.10 Å². The molecule has 1 N–H and O–H groups in total. The van der Waals surface area contributed by atoms with Crippen molar-refractivity contribution >= 4 is 28.1 Å². The van der Waals surface area contributed by atoms with Crippen molar-refractivity contribution in [3.05, 3.63) is 36.5 Å². The number of alkyl halides is 1. The van der Waals surface area contributed by atoms with Crippen LogP contribution in [0.25, 0.3) is 16.5 Å². The second kappa shape index (κ2) is 3.23. The molecule has 0 saturated carbocycles. The summed E-state index contributed by atoms with van der Waals surface area (Å²) in [7, 11) is 0. The number of H-pyrrole nitrogens is 1. The van der Waals surface area contributed by atoms with Crippen LogP contribution in [0.2, 0.25) is 0 Å². The lowest BCUT2D eigenvalue weighted by Crippen LogP contribution is -1.84. The molecule has 0 aliphatic carbocycles. The molecule has 66 valence electrons. The molecule has 0 amide bonds.